The largest absolute Gasteiger partial charge is 0.305 e. The maximum atomic E-state index is 11.2. The molecule has 0 aliphatic carbocycles. The van der Waals surface area contributed by atoms with E-state index >= 15 is 0 Å². The van der Waals surface area contributed by atoms with Gasteiger partial charge in [-0.3, -0.25) is 4.79 Å². The van der Waals surface area contributed by atoms with Gasteiger partial charge in [0.2, 0.25) is 0 Å². The Labute approximate surface area is 61.3 Å². The Balaban J connectivity index is 2.66. The van der Waals surface area contributed by atoms with E-state index in [2.05, 4.69) is 11.9 Å². The maximum absolute atomic E-state index is 11.2. The van der Waals surface area contributed by atoms with Gasteiger partial charge in [0.25, 0.3) is 0 Å². The van der Waals surface area contributed by atoms with Crippen LogP contribution < -0.4 is 5.32 Å². The third kappa shape index (κ3) is 1.12. The van der Waals surface area contributed by atoms with Crippen molar-refractivity contribution in [1.29, 1.82) is 0 Å². The van der Waals surface area contributed by atoms with Gasteiger partial charge in [0.1, 0.15) is 0 Å². The molecule has 0 amide bonds. The van der Waals surface area contributed by atoms with E-state index in [1.54, 1.807) is 0 Å². The zero-order valence-corrected chi connectivity index (χ0v) is 6.31. The molecule has 0 spiro atoms. The van der Waals surface area contributed by atoms with Crippen molar-refractivity contribution in [3.8, 4) is 0 Å². The standard InChI is InChI=1S/C8H13NO/c1-3-7(10)8(2)5-4-6-9-8/h3,9H,1,4-6H2,2H3/t8-/m0/s1. The maximum Gasteiger partial charge on any atom is 0.174 e. The molecule has 1 fully saturated rings. The van der Waals surface area contributed by atoms with Crippen molar-refractivity contribution < 1.29 is 4.79 Å². The molecule has 1 heterocycles. The molecular formula is C8H13NO. The molecule has 2 nitrogen and oxygen atoms in total. The van der Waals surface area contributed by atoms with E-state index in [1.165, 1.54) is 6.08 Å². The van der Waals surface area contributed by atoms with E-state index in [1.807, 2.05) is 6.92 Å². The molecule has 10 heavy (non-hydrogen) atoms. The molecule has 0 aromatic carbocycles. The monoisotopic (exact) mass is 139 g/mol. The highest BCUT2D eigenvalue weighted by Crippen LogP contribution is 2.19. The van der Waals surface area contributed by atoms with Gasteiger partial charge in [-0.2, -0.15) is 0 Å². The van der Waals surface area contributed by atoms with Crippen LogP contribution in [-0.2, 0) is 4.79 Å². The number of ketones is 1. The Kier molecular flexibility index (Phi) is 1.90. The summed E-state index contributed by atoms with van der Waals surface area (Å²) in [5, 5.41) is 3.16. The van der Waals surface area contributed by atoms with Gasteiger partial charge < -0.3 is 5.32 Å². The van der Waals surface area contributed by atoms with Crippen LogP contribution in [0.4, 0.5) is 0 Å². The lowest BCUT2D eigenvalue weighted by Crippen LogP contribution is -2.43. The molecule has 0 aromatic heterocycles. The Bertz CT molecular complexity index is 157. The lowest BCUT2D eigenvalue weighted by atomic mass is 9.95. The molecule has 0 unspecified atom stereocenters. The summed E-state index contributed by atoms with van der Waals surface area (Å²) < 4.78 is 0. The van der Waals surface area contributed by atoms with Gasteiger partial charge in [0.15, 0.2) is 5.78 Å². The fourth-order valence-corrected chi connectivity index (χ4v) is 1.33. The first-order valence-corrected chi connectivity index (χ1v) is 3.61. The quantitative estimate of drug-likeness (QED) is 0.575. The summed E-state index contributed by atoms with van der Waals surface area (Å²) in [5.41, 5.74) is -0.304. The van der Waals surface area contributed by atoms with Gasteiger partial charge in [-0.1, -0.05) is 6.58 Å². The molecule has 1 atom stereocenters. The van der Waals surface area contributed by atoms with Gasteiger partial charge in [0, 0.05) is 0 Å². The Morgan fingerprint density at radius 3 is 2.90 bits per heavy atom. The van der Waals surface area contributed by atoms with Crippen molar-refractivity contribution in [2.75, 3.05) is 6.54 Å². The van der Waals surface area contributed by atoms with Crippen molar-refractivity contribution in [3.63, 3.8) is 0 Å². The normalized spacial score (nSPS) is 32.1. The van der Waals surface area contributed by atoms with Crippen molar-refractivity contribution in [1.82, 2.24) is 5.32 Å². The molecule has 1 rings (SSSR count). The SMILES string of the molecule is C=CC(=O)[C@]1(C)CCCN1. The van der Waals surface area contributed by atoms with Gasteiger partial charge in [-0.25, -0.2) is 0 Å². The van der Waals surface area contributed by atoms with E-state index in [0.29, 0.717) is 0 Å². The third-order valence-corrected chi connectivity index (χ3v) is 2.10. The highest BCUT2D eigenvalue weighted by Gasteiger charge is 2.33. The fraction of sp³-hybridized carbons (Fsp3) is 0.625. The Morgan fingerprint density at radius 1 is 1.80 bits per heavy atom. The van der Waals surface area contributed by atoms with Gasteiger partial charge >= 0.3 is 0 Å². The summed E-state index contributed by atoms with van der Waals surface area (Å²) in [7, 11) is 0. The van der Waals surface area contributed by atoms with Crippen LogP contribution in [0.2, 0.25) is 0 Å². The number of carbonyl (C=O) groups excluding carboxylic acids is 1. The summed E-state index contributed by atoms with van der Waals surface area (Å²) in [4.78, 5) is 11.2. The molecule has 1 saturated heterocycles. The van der Waals surface area contributed by atoms with Crippen LogP contribution in [0.5, 0.6) is 0 Å². The molecule has 0 bridgehead atoms. The predicted molar refractivity (Wildman–Crippen MR) is 40.8 cm³/mol. The van der Waals surface area contributed by atoms with Crippen molar-refractivity contribution in [3.05, 3.63) is 12.7 Å². The van der Waals surface area contributed by atoms with Crippen LogP contribution in [0.15, 0.2) is 12.7 Å². The highest BCUT2D eigenvalue weighted by molar-refractivity contribution is 5.97. The molecule has 0 saturated carbocycles. The molecule has 0 aromatic rings. The third-order valence-electron chi connectivity index (χ3n) is 2.10. The molecule has 1 aliphatic rings. The second kappa shape index (κ2) is 2.54. The van der Waals surface area contributed by atoms with E-state index in [0.717, 1.165) is 19.4 Å². The number of hydrogen-bond acceptors (Lipinski definition) is 2. The lowest BCUT2D eigenvalue weighted by molar-refractivity contribution is -0.119. The van der Waals surface area contributed by atoms with Crippen molar-refractivity contribution >= 4 is 5.78 Å². The second-order valence-corrected chi connectivity index (χ2v) is 2.93. The van der Waals surface area contributed by atoms with Crippen LogP contribution in [0, 0.1) is 0 Å². The highest BCUT2D eigenvalue weighted by atomic mass is 16.1. The summed E-state index contributed by atoms with van der Waals surface area (Å²) in [6, 6.07) is 0. The van der Waals surface area contributed by atoms with Crippen molar-refractivity contribution in [2.24, 2.45) is 0 Å². The summed E-state index contributed by atoms with van der Waals surface area (Å²) >= 11 is 0. The van der Waals surface area contributed by atoms with Gasteiger partial charge in [-0.15, -0.1) is 0 Å². The van der Waals surface area contributed by atoms with Gasteiger partial charge in [0.05, 0.1) is 5.54 Å². The van der Waals surface area contributed by atoms with E-state index < -0.39 is 0 Å². The number of nitrogens with one attached hydrogen (secondary N) is 1. The average Bonchev–Trinajstić information content (AvgIpc) is 2.36. The molecule has 1 N–H and O–H groups in total. The topological polar surface area (TPSA) is 29.1 Å². The number of carbonyl (C=O) groups is 1. The minimum Gasteiger partial charge on any atom is -0.305 e. The summed E-state index contributed by atoms with van der Waals surface area (Å²) in [6.45, 7) is 6.35. The molecule has 2 heteroatoms. The first-order chi connectivity index (χ1) is 4.69. The van der Waals surface area contributed by atoms with Crippen LogP contribution in [0.1, 0.15) is 19.8 Å². The smallest absolute Gasteiger partial charge is 0.174 e. The fourth-order valence-electron chi connectivity index (χ4n) is 1.33. The van der Waals surface area contributed by atoms with Crippen LogP contribution in [0.3, 0.4) is 0 Å². The van der Waals surface area contributed by atoms with Crippen LogP contribution >= 0.6 is 0 Å². The van der Waals surface area contributed by atoms with E-state index in [-0.39, 0.29) is 11.3 Å². The average molecular weight is 139 g/mol. The van der Waals surface area contributed by atoms with Gasteiger partial charge in [-0.05, 0) is 32.4 Å². The molecule has 1 aliphatic heterocycles. The molecule has 0 radical (unpaired) electrons. The van der Waals surface area contributed by atoms with Crippen molar-refractivity contribution in [2.45, 2.75) is 25.3 Å². The van der Waals surface area contributed by atoms with Crippen LogP contribution in [0.25, 0.3) is 0 Å². The summed E-state index contributed by atoms with van der Waals surface area (Å²) in [5.74, 6) is 0.116. The Morgan fingerprint density at radius 2 is 2.50 bits per heavy atom. The predicted octanol–water partition coefficient (Wildman–Crippen LogP) is 0.884. The number of hydrogen-bond donors (Lipinski definition) is 1. The minimum absolute atomic E-state index is 0.116. The van der Waals surface area contributed by atoms with E-state index in [4.69, 9.17) is 0 Å². The second-order valence-electron chi connectivity index (χ2n) is 2.93. The lowest BCUT2D eigenvalue weighted by Gasteiger charge is -2.19. The zero-order valence-electron chi connectivity index (χ0n) is 6.31. The molecular weight excluding hydrogens is 126 g/mol. The zero-order chi connectivity index (χ0) is 7.61. The summed E-state index contributed by atoms with van der Waals surface area (Å²) in [6.07, 6.45) is 3.44. The first kappa shape index (κ1) is 7.48. The molecule has 56 valence electrons. The first-order valence-electron chi connectivity index (χ1n) is 3.61. The number of rotatable bonds is 2. The van der Waals surface area contributed by atoms with E-state index in [9.17, 15) is 4.79 Å². The van der Waals surface area contributed by atoms with Crippen LogP contribution in [-0.4, -0.2) is 17.9 Å². The Hall–Kier alpha value is -0.630. The minimum atomic E-state index is -0.304.